The Hall–Kier alpha value is -2.77. The topological polar surface area (TPSA) is 78.3 Å². The van der Waals surface area contributed by atoms with Gasteiger partial charge in [0.2, 0.25) is 5.91 Å². The lowest BCUT2D eigenvalue weighted by molar-refractivity contribution is -0.115. The van der Waals surface area contributed by atoms with Crippen LogP contribution in [0.25, 0.3) is 11.4 Å². The number of hydrogen-bond acceptors (Lipinski definition) is 5. The minimum atomic E-state index is -0.175. The van der Waals surface area contributed by atoms with Crippen molar-refractivity contribution in [2.24, 2.45) is 0 Å². The summed E-state index contributed by atoms with van der Waals surface area (Å²) in [5, 5.41) is 12.7. The third-order valence-electron chi connectivity index (χ3n) is 5.62. The average molecular weight is 473 g/mol. The Morgan fingerprint density at radius 3 is 2.81 bits per heavy atom. The molecule has 0 saturated carbocycles. The molecule has 0 fully saturated rings. The van der Waals surface area contributed by atoms with Crippen molar-refractivity contribution in [3.63, 3.8) is 0 Å². The summed E-state index contributed by atoms with van der Waals surface area (Å²) in [5.74, 6) is 2.64. The summed E-state index contributed by atoms with van der Waals surface area (Å²) >= 11 is 12.8. The van der Waals surface area contributed by atoms with Gasteiger partial charge in [-0.2, -0.15) is 0 Å². The van der Waals surface area contributed by atoms with Gasteiger partial charge in [0.15, 0.2) is 17.3 Å². The Morgan fingerprint density at radius 1 is 1.03 bits per heavy atom. The predicted molar refractivity (Wildman–Crippen MR) is 123 cm³/mol. The van der Waals surface area contributed by atoms with E-state index in [1.54, 1.807) is 24.3 Å². The van der Waals surface area contributed by atoms with E-state index in [2.05, 4.69) is 20.1 Å². The first-order chi connectivity index (χ1) is 15.6. The van der Waals surface area contributed by atoms with Gasteiger partial charge in [-0.25, -0.2) is 0 Å². The van der Waals surface area contributed by atoms with Crippen LogP contribution in [0.4, 0.5) is 5.69 Å². The Balaban J connectivity index is 1.35. The lowest BCUT2D eigenvalue weighted by Gasteiger charge is -2.20. The van der Waals surface area contributed by atoms with Crippen molar-refractivity contribution in [3.05, 3.63) is 51.8 Å². The minimum Gasteiger partial charge on any atom is -0.486 e. The van der Waals surface area contributed by atoms with Gasteiger partial charge in [-0.05, 0) is 48.7 Å². The van der Waals surface area contributed by atoms with Crippen LogP contribution in [0.15, 0.2) is 30.3 Å². The highest BCUT2D eigenvalue weighted by Crippen LogP contribution is 2.38. The Morgan fingerprint density at radius 2 is 1.91 bits per heavy atom. The molecule has 3 aromatic rings. The highest BCUT2D eigenvalue weighted by atomic mass is 35.5. The fourth-order valence-corrected chi connectivity index (χ4v) is 4.61. The van der Waals surface area contributed by atoms with Crippen molar-refractivity contribution in [2.75, 3.05) is 18.5 Å². The maximum atomic E-state index is 12.7. The van der Waals surface area contributed by atoms with Crippen LogP contribution >= 0.6 is 23.2 Å². The molecule has 0 atom stereocenters. The molecule has 5 rings (SSSR count). The second-order valence-corrected chi connectivity index (χ2v) is 8.74. The zero-order chi connectivity index (χ0) is 22.1. The third kappa shape index (κ3) is 4.27. The summed E-state index contributed by atoms with van der Waals surface area (Å²) in [6.07, 6.45) is 4.44. The number of rotatable bonds is 4. The molecule has 0 unspecified atom stereocenters. The van der Waals surface area contributed by atoms with Crippen LogP contribution in [0.1, 0.15) is 30.7 Å². The number of hydrogen-bond donors (Lipinski definition) is 1. The molecule has 0 spiro atoms. The van der Waals surface area contributed by atoms with Crippen molar-refractivity contribution in [2.45, 2.75) is 38.6 Å². The van der Waals surface area contributed by atoms with Crippen molar-refractivity contribution < 1.29 is 14.3 Å². The van der Waals surface area contributed by atoms with Crippen molar-refractivity contribution in [1.29, 1.82) is 0 Å². The molecule has 2 aliphatic rings. The number of carbonyl (C=O) groups is 1. The number of aromatic nitrogens is 3. The highest BCUT2D eigenvalue weighted by Gasteiger charge is 2.20. The molecule has 0 aliphatic carbocycles. The molecule has 1 amide bonds. The highest BCUT2D eigenvalue weighted by molar-refractivity contribution is 6.33. The monoisotopic (exact) mass is 472 g/mol. The van der Waals surface area contributed by atoms with Crippen LogP contribution in [0.2, 0.25) is 10.0 Å². The van der Waals surface area contributed by atoms with Gasteiger partial charge in [0, 0.05) is 24.2 Å². The van der Waals surface area contributed by atoms with Gasteiger partial charge in [-0.3, -0.25) is 4.79 Å². The molecule has 2 aliphatic heterocycles. The first-order valence-corrected chi connectivity index (χ1v) is 11.4. The molecule has 7 nitrogen and oxygen atoms in total. The molecule has 32 heavy (non-hydrogen) atoms. The number of aryl methyl sites for hydroxylation is 1. The smallest absolute Gasteiger partial charge is 0.228 e. The van der Waals surface area contributed by atoms with E-state index in [1.165, 1.54) is 6.42 Å². The van der Waals surface area contributed by atoms with Gasteiger partial charge in [-0.1, -0.05) is 29.6 Å². The summed E-state index contributed by atoms with van der Waals surface area (Å²) in [7, 11) is 0. The summed E-state index contributed by atoms with van der Waals surface area (Å²) in [5.41, 5.74) is 2.14. The number of carbonyl (C=O) groups excluding carboxylic acids is 1. The van der Waals surface area contributed by atoms with E-state index in [4.69, 9.17) is 32.7 Å². The second-order valence-electron chi connectivity index (χ2n) is 7.92. The zero-order valence-corrected chi connectivity index (χ0v) is 18.9. The molecule has 166 valence electrons. The average Bonchev–Trinajstić information content (AvgIpc) is 3.02. The molecule has 1 N–H and O–H groups in total. The van der Waals surface area contributed by atoms with Crippen molar-refractivity contribution in [1.82, 2.24) is 14.8 Å². The van der Waals surface area contributed by atoms with E-state index >= 15 is 0 Å². The molecule has 0 bridgehead atoms. The fourth-order valence-electron chi connectivity index (χ4n) is 4.12. The van der Waals surface area contributed by atoms with Crippen LogP contribution in [0.3, 0.4) is 0 Å². The SMILES string of the molecule is O=C(Cc1cc(Cl)c2c(c1)OCCO2)Nc1ccc(Cl)c(-c2nnc3n2CCCCC3)c1. The Kier molecular flexibility index (Phi) is 5.93. The van der Waals surface area contributed by atoms with Gasteiger partial charge in [0.05, 0.1) is 16.5 Å². The van der Waals surface area contributed by atoms with Crippen LogP contribution in [0.5, 0.6) is 11.5 Å². The van der Waals surface area contributed by atoms with Gasteiger partial charge in [-0.15, -0.1) is 10.2 Å². The normalized spacial score (nSPS) is 15.1. The number of nitrogens with one attached hydrogen (secondary N) is 1. The number of amides is 1. The standard InChI is InChI=1S/C23H22Cl2N4O3/c24-17-6-5-15(13-16(17)23-28-27-20-4-2-1-3-7-29(20)23)26-21(30)12-14-10-18(25)22-19(11-14)31-8-9-32-22/h5-6,10-11,13H,1-4,7-9,12H2,(H,26,30). The van der Waals surface area contributed by atoms with Crippen molar-refractivity contribution >= 4 is 34.8 Å². The lowest BCUT2D eigenvalue weighted by Crippen LogP contribution is -2.17. The molecule has 1 aromatic heterocycles. The van der Waals surface area contributed by atoms with E-state index in [1.807, 2.05) is 6.07 Å². The van der Waals surface area contributed by atoms with E-state index in [0.717, 1.165) is 48.6 Å². The molecular weight excluding hydrogens is 451 g/mol. The number of fused-ring (bicyclic) bond motifs is 2. The Labute approximate surface area is 195 Å². The maximum absolute atomic E-state index is 12.7. The lowest BCUT2D eigenvalue weighted by atomic mass is 10.1. The quantitative estimate of drug-likeness (QED) is 0.582. The van der Waals surface area contributed by atoms with Crippen LogP contribution in [-0.2, 0) is 24.2 Å². The third-order valence-corrected chi connectivity index (χ3v) is 6.23. The van der Waals surface area contributed by atoms with Gasteiger partial charge in [0.25, 0.3) is 0 Å². The summed E-state index contributed by atoms with van der Waals surface area (Å²) < 4.78 is 13.3. The molecule has 9 heteroatoms. The fraction of sp³-hybridized carbons (Fsp3) is 0.348. The predicted octanol–water partition coefficient (Wildman–Crippen LogP) is 4.93. The van der Waals surface area contributed by atoms with Crippen LogP contribution in [-0.4, -0.2) is 33.9 Å². The van der Waals surface area contributed by atoms with Gasteiger partial charge < -0.3 is 19.4 Å². The largest absolute Gasteiger partial charge is 0.486 e. The molecule has 0 saturated heterocycles. The van der Waals surface area contributed by atoms with Crippen LogP contribution in [0, 0.1) is 0 Å². The molecule has 0 radical (unpaired) electrons. The molecule has 2 aromatic carbocycles. The van der Waals surface area contributed by atoms with E-state index < -0.39 is 0 Å². The summed E-state index contributed by atoms with van der Waals surface area (Å²) in [4.78, 5) is 12.7. The molecular formula is C23H22Cl2N4O3. The van der Waals surface area contributed by atoms with E-state index in [0.29, 0.717) is 40.4 Å². The zero-order valence-electron chi connectivity index (χ0n) is 17.4. The van der Waals surface area contributed by atoms with Gasteiger partial charge in [0.1, 0.15) is 19.0 Å². The number of nitrogens with zero attached hydrogens (tertiary/aromatic N) is 3. The first kappa shape index (κ1) is 21.1. The second kappa shape index (κ2) is 9.00. The number of anilines is 1. The van der Waals surface area contributed by atoms with E-state index in [9.17, 15) is 4.79 Å². The van der Waals surface area contributed by atoms with E-state index in [-0.39, 0.29) is 12.3 Å². The van der Waals surface area contributed by atoms with Crippen LogP contribution < -0.4 is 14.8 Å². The number of benzene rings is 2. The first-order valence-electron chi connectivity index (χ1n) is 10.7. The molecule has 3 heterocycles. The summed E-state index contributed by atoms with van der Waals surface area (Å²) in [6.45, 7) is 1.79. The number of ether oxygens (including phenoxy) is 2. The van der Waals surface area contributed by atoms with Crippen molar-refractivity contribution in [3.8, 4) is 22.9 Å². The van der Waals surface area contributed by atoms with Gasteiger partial charge >= 0.3 is 0 Å². The Bertz CT molecular complexity index is 1180. The maximum Gasteiger partial charge on any atom is 0.228 e. The number of halogens is 2. The summed E-state index contributed by atoms with van der Waals surface area (Å²) in [6, 6.07) is 8.91. The minimum absolute atomic E-state index is 0.147.